The third kappa shape index (κ3) is 7.10. The van der Waals surface area contributed by atoms with E-state index in [0.717, 1.165) is 16.2 Å². The van der Waals surface area contributed by atoms with Gasteiger partial charge in [0.05, 0.1) is 7.11 Å². The Hall–Kier alpha value is -2.47. The van der Waals surface area contributed by atoms with Crippen LogP contribution in [0.15, 0.2) is 53.4 Å². The first-order valence-electron chi connectivity index (χ1n) is 10.4. The second-order valence-corrected chi connectivity index (χ2v) is 8.27. The number of likely N-dealkylation sites (N-methyl/N-ethyl adjacent to an activating group) is 1. The standard InChI is InChI=1S/C24H32N2O3S/c1-5-22(24(28)25-6-2)26(17-19-9-11-20(29-4)12-10-19)23(27)15-16-30-21-13-7-18(3)8-14-21/h7-14,22H,5-6,15-17H2,1-4H3,(H,25,28)/t22-/m1/s1. The average Bonchev–Trinajstić information content (AvgIpc) is 2.75. The van der Waals surface area contributed by atoms with Gasteiger partial charge in [0.2, 0.25) is 11.8 Å². The fourth-order valence-corrected chi connectivity index (χ4v) is 4.01. The molecule has 0 radical (unpaired) electrons. The van der Waals surface area contributed by atoms with Gasteiger partial charge in [-0.25, -0.2) is 0 Å². The maximum atomic E-state index is 13.1. The van der Waals surface area contributed by atoms with Crippen molar-refractivity contribution in [3.05, 3.63) is 59.7 Å². The number of nitrogens with zero attached hydrogens (tertiary/aromatic N) is 1. The predicted octanol–water partition coefficient (Wildman–Crippen LogP) is 4.43. The molecule has 0 aliphatic rings. The van der Waals surface area contributed by atoms with Gasteiger partial charge in [-0.15, -0.1) is 11.8 Å². The molecule has 0 saturated heterocycles. The number of methoxy groups -OCH3 is 1. The van der Waals surface area contributed by atoms with Gasteiger partial charge in [-0.3, -0.25) is 9.59 Å². The molecular weight excluding hydrogens is 396 g/mol. The zero-order valence-corrected chi connectivity index (χ0v) is 19.1. The van der Waals surface area contributed by atoms with Crippen LogP contribution in [-0.4, -0.2) is 42.2 Å². The molecule has 162 valence electrons. The van der Waals surface area contributed by atoms with Crippen LogP contribution in [0, 0.1) is 6.92 Å². The summed E-state index contributed by atoms with van der Waals surface area (Å²) in [4.78, 5) is 28.6. The Labute approximate surface area is 184 Å². The lowest BCUT2D eigenvalue weighted by Crippen LogP contribution is -2.49. The molecule has 1 atom stereocenters. The van der Waals surface area contributed by atoms with E-state index in [-0.39, 0.29) is 11.8 Å². The van der Waals surface area contributed by atoms with E-state index in [9.17, 15) is 9.59 Å². The Balaban J connectivity index is 2.10. The molecule has 0 fully saturated rings. The Morgan fingerprint density at radius 1 is 1.07 bits per heavy atom. The lowest BCUT2D eigenvalue weighted by molar-refractivity contribution is -0.141. The Morgan fingerprint density at radius 2 is 1.73 bits per heavy atom. The van der Waals surface area contributed by atoms with Crippen LogP contribution in [0.4, 0.5) is 0 Å². The topological polar surface area (TPSA) is 58.6 Å². The molecule has 0 heterocycles. The fourth-order valence-electron chi connectivity index (χ4n) is 3.17. The lowest BCUT2D eigenvalue weighted by atomic mass is 10.1. The Morgan fingerprint density at radius 3 is 2.30 bits per heavy atom. The quantitative estimate of drug-likeness (QED) is 0.538. The number of carbonyl (C=O) groups excluding carboxylic acids is 2. The van der Waals surface area contributed by atoms with Gasteiger partial charge in [-0.05, 0) is 50.1 Å². The van der Waals surface area contributed by atoms with Gasteiger partial charge in [-0.1, -0.05) is 36.8 Å². The number of aryl methyl sites for hydroxylation is 1. The van der Waals surface area contributed by atoms with Crippen molar-refractivity contribution in [2.24, 2.45) is 0 Å². The number of ether oxygens (including phenoxy) is 1. The summed E-state index contributed by atoms with van der Waals surface area (Å²) < 4.78 is 5.22. The summed E-state index contributed by atoms with van der Waals surface area (Å²) in [7, 11) is 1.62. The van der Waals surface area contributed by atoms with Crippen molar-refractivity contribution in [1.82, 2.24) is 10.2 Å². The largest absolute Gasteiger partial charge is 0.497 e. The Bertz CT molecular complexity index is 806. The van der Waals surface area contributed by atoms with Gasteiger partial charge >= 0.3 is 0 Å². The number of hydrogen-bond acceptors (Lipinski definition) is 4. The number of carbonyl (C=O) groups is 2. The minimum Gasteiger partial charge on any atom is -0.497 e. The highest BCUT2D eigenvalue weighted by Crippen LogP contribution is 2.21. The number of hydrogen-bond donors (Lipinski definition) is 1. The molecule has 0 bridgehead atoms. The second kappa shape index (κ2) is 12.3. The molecule has 5 nitrogen and oxygen atoms in total. The van der Waals surface area contributed by atoms with Crippen LogP contribution in [-0.2, 0) is 16.1 Å². The molecule has 0 aliphatic heterocycles. The summed E-state index contributed by atoms with van der Waals surface area (Å²) in [6.45, 7) is 6.83. The van der Waals surface area contributed by atoms with E-state index >= 15 is 0 Å². The van der Waals surface area contributed by atoms with Crippen LogP contribution in [0.1, 0.15) is 37.8 Å². The number of benzene rings is 2. The minimum atomic E-state index is -0.482. The van der Waals surface area contributed by atoms with Crippen molar-refractivity contribution >= 4 is 23.6 Å². The van der Waals surface area contributed by atoms with Gasteiger partial charge in [-0.2, -0.15) is 0 Å². The zero-order valence-electron chi connectivity index (χ0n) is 18.3. The maximum absolute atomic E-state index is 13.1. The third-order valence-corrected chi connectivity index (χ3v) is 5.87. The first-order valence-corrected chi connectivity index (χ1v) is 11.4. The molecule has 2 aromatic rings. The summed E-state index contributed by atoms with van der Waals surface area (Å²) in [6, 6.07) is 15.4. The number of rotatable bonds is 11. The van der Waals surface area contributed by atoms with E-state index in [1.165, 1.54) is 5.56 Å². The molecule has 0 aromatic heterocycles. The first-order chi connectivity index (χ1) is 14.5. The molecule has 1 N–H and O–H groups in total. The van der Waals surface area contributed by atoms with E-state index in [0.29, 0.717) is 31.7 Å². The van der Waals surface area contributed by atoms with Crippen LogP contribution in [0.2, 0.25) is 0 Å². The summed E-state index contributed by atoms with van der Waals surface area (Å²) in [5.41, 5.74) is 2.19. The number of nitrogens with one attached hydrogen (secondary N) is 1. The molecule has 0 spiro atoms. The SMILES string of the molecule is CCNC(=O)[C@@H](CC)N(Cc1ccc(OC)cc1)C(=O)CCSc1ccc(C)cc1. The molecular formula is C24H32N2O3S. The van der Waals surface area contributed by atoms with Crippen LogP contribution in [0.25, 0.3) is 0 Å². The molecule has 0 saturated carbocycles. The van der Waals surface area contributed by atoms with Crippen molar-refractivity contribution in [3.63, 3.8) is 0 Å². The van der Waals surface area contributed by atoms with Crippen LogP contribution < -0.4 is 10.1 Å². The van der Waals surface area contributed by atoms with E-state index < -0.39 is 6.04 Å². The zero-order chi connectivity index (χ0) is 21.9. The molecule has 6 heteroatoms. The van der Waals surface area contributed by atoms with E-state index in [1.807, 2.05) is 38.1 Å². The van der Waals surface area contributed by atoms with E-state index in [4.69, 9.17) is 4.74 Å². The van der Waals surface area contributed by atoms with Crippen LogP contribution in [0.5, 0.6) is 5.75 Å². The molecule has 2 amide bonds. The monoisotopic (exact) mass is 428 g/mol. The van der Waals surface area contributed by atoms with Crippen molar-refractivity contribution in [1.29, 1.82) is 0 Å². The molecule has 2 aromatic carbocycles. The second-order valence-electron chi connectivity index (χ2n) is 7.10. The highest BCUT2D eigenvalue weighted by atomic mass is 32.2. The van der Waals surface area contributed by atoms with Crippen LogP contribution >= 0.6 is 11.8 Å². The highest BCUT2D eigenvalue weighted by Gasteiger charge is 2.28. The van der Waals surface area contributed by atoms with Gasteiger partial charge in [0.25, 0.3) is 0 Å². The van der Waals surface area contributed by atoms with Gasteiger partial charge in [0, 0.05) is 30.2 Å². The van der Waals surface area contributed by atoms with Crippen molar-refractivity contribution < 1.29 is 14.3 Å². The predicted molar refractivity (Wildman–Crippen MR) is 123 cm³/mol. The average molecular weight is 429 g/mol. The van der Waals surface area contributed by atoms with E-state index in [1.54, 1.807) is 23.8 Å². The van der Waals surface area contributed by atoms with Gasteiger partial charge in [0.15, 0.2) is 0 Å². The van der Waals surface area contributed by atoms with Crippen LogP contribution in [0.3, 0.4) is 0 Å². The highest BCUT2D eigenvalue weighted by molar-refractivity contribution is 7.99. The van der Waals surface area contributed by atoms with Gasteiger partial charge < -0.3 is 15.0 Å². The summed E-state index contributed by atoms with van der Waals surface area (Å²) >= 11 is 1.66. The van der Waals surface area contributed by atoms with E-state index in [2.05, 4.69) is 36.5 Å². The number of thioether (sulfide) groups is 1. The Kier molecular flexibility index (Phi) is 9.74. The number of amides is 2. The van der Waals surface area contributed by atoms with Crippen molar-refractivity contribution in [2.75, 3.05) is 19.4 Å². The minimum absolute atomic E-state index is 0.0106. The summed E-state index contributed by atoms with van der Waals surface area (Å²) in [5, 5.41) is 2.87. The summed E-state index contributed by atoms with van der Waals surface area (Å²) in [6.07, 6.45) is 0.948. The summed E-state index contributed by atoms with van der Waals surface area (Å²) in [5.74, 6) is 1.32. The van der Waals surface area contributed by atoms with Gasteiger partial charge in [0.1, 0.15) is 11.8 Å². The third-order valence-electron chi connectivity index (χ3n) is 4.85. The lowest BCUT2D eigenvalue weighted by Gasteiger charge is -2.30. The smallest absolute Gasteiger partial charge is 0.242 e. The first kappa shape index (κ1) is 23.8. The molecule has 30 heavy (non-hydrogen) atoms. The van der Waals surface area contributed by atoms with Crippen molar-refractivity contribution in [3.8, 4) is 5.75 Å². The van der Waals surface area contributed by atoms with Crippen molar-refractivity contribution in [2.45, 2.75) is 51.1 Å². The fraction of sp³-hybridized carbons (Fsp3) is 0.417. The molecule has 0 aliphatic carbocycles. The molecule has 2 rings (SSSR count). The maximum Gasteiger partial charge on any atom is 0.242 e. The normalized spacial score (nSPS) is 11.6. The molecule has 0 unspecified atom stereocenters.